The fourth-order valence-corrected chi connectivity index (χ4v) is 4.31. The largest absolute Gasteiger partial charge is 0.454 e. The summed E-state index contributed by atoms with van der Waals surface area (Å²) in [6, 6.07) is 8.29. The second-order valence-electron chi connectivity index (χ2n) is 8.34. The van der Waals surface area contributed by atoms with Gasteiger partial charge >= 0.3 is 0 Å². The highest BCUT2D eigenvalue weighted by Gasteiger charge is 2.22. The molecule has 0 amide bonds. The molecule has 0 saturated carbocycles. The summed E-state index contributed by atoms with van der Waals surface area (Å²) in [4.78, 5) is 16.6. The highest BCUT2D eigenvalue weighted by molar-refractivity contribution is 5.45. The molecule has 3 aliphatic heterocycles. The molecule has 0 unspecified atom stereocenters. The number of rotatable bonds is 4. The van der Waals surface area contributed by atoms with Crippen LogP contribution in [0.4, 0.5) is 11.8 Å². The Morgan fingerprint density at radius 3 is 2.55 bits per heavy atom. The maximum absolute atomic E-state index is 5.50. The summed E-state index contributed by atoms with van der Waals surface area (Å²) >= 11 is 0. The summed E-state index contributed by atoms with van der Waals surface area (Å²) in [5.41, 5.74) is 1.27. The molecule has 0 radical (unpaired) electrons. The van der Waals surface area contributed by atoms with E-state index in [9.17, 15) is 0 Å². The number of benzene rings is 1. The first kappa shape index (κ1) is 18.5. The molecule has 2 saturated heterocycles. The normalized spacial score (nSPS) is 20.3. The average molecular weight is 396 g/mol. The molecule has 0 aliphatic carbocycles. The van der Waals surface area contributed by atoms with Crippen LogP contribution >= 0.6 is 0 Å². The van der Waals surface area contributed by atoms with E-state index >= 15 is 0 Å². The van der Waals surface area contributed by atoms with Crippen molar-refractivity contribution in [3.05, 3.63) is 36.0 Å². The van der Waals surface area contributed by atoms with E-state index in [0.29, 0.717) is 6.79 Å². The quantitative estimate of drug-likeness (QED) is 0.789. The average Bonchev–Trinajstić information content (AvgIpc) is 3.23. The summed E-state index contributed by atoms with van der Waals surface area (Å²) in [7, 11) is 0. The summed E-state index contributed by atoms with van der Waals surface area (Å²) in [6.45, 7) is 9.74. The first-order valence-electron chi connectivity index (χ1n) is 10.7. The Labute approximate surface area is 172 Å². The standard InChI is InChI=1S/C22H29N5O2/c1-17-5-8-27(9-6-17)22-23-7-4-21(24-22)26-12-10-25(11-13-26)15-18-2-3-19-20(14-18)29-16-28-19/h2-4,7,14,17H,5-6,8-13,15-16H2,1H3. The highest BCUT2D eigenvalue weighted by Crippen LogP contribution is 2.33. The molecule has 29 heavy (non-hydrogen) atoms. The SMILES string of the molecule is CC1CCN(c2nccc(N3CCN(Cc4ccc5c(c4)OCO5)CC3)n2)CC1. The van der Waals surface area contributed by atoms with Crippen molar-refractivity contribution >= 4 is 11.8 Å². The maximum Gasteiger partial charge on any atom is 0.231 e. The van der Waals surface area contributed by atoms with Gasteiger partial charge in [0.1, 0.15) is 5.82 Å². The molecule has 5 rings (SSSR count). The lowest BCUT2D eigenvalue weighted by Gasteiger charge is -2.36. The third-order valence-corrected chi connectivity index (χ3v) is 6.23. The van der Waals surface area contributed by atoms with Crippen molar-refractivity contribution in [3.8, 4) is 11.5 Å². The van der Waals surface area contributed by atoms with Crippen LogP contribution in [0.5, 0.6) is 11.5 Å². The van der Waals surface area contributed by atoms with E-state index in [2.05, 4.69) is 38.7 Å². The minimum Gasteiger partial charge on any atom is -0.454 e. The lowest BCUT2D eigenvalue weighted by Crippen LogP contribution is -2.46. The number of hydrogen-bond donors (Lipinski definition) is 0. The third kappa shape index (κ3) is 4.10. The van der Waals surface area contributed by atoms with Crippen molar-refractivity contribution in [1.82, 2.24) is 14.9 Å². The molecule has 7 nitrogen and oxygen atoms in total. The van der Waals surface area contributed by atoms with E-state index in [0.717, 1.165) is 75.0 Å². The first-order valence-corrected chi connectivity index (χ1v) is 10.7. The van der Waals surface area contributed by atoms with E-state index in [1.807, 2.05) is 18.3 Å². The molecular formula is C22H29N5O2. The van der Waals surface area contributed by atoms with Crippen molar-refractivity contribution in [2.24, 2.45) is 5.92 Å². The van der Waals surface area contributed by atoms with Crippen LogP contribution in [-0.4, -0.2) is 60.9 Å². The Kier molecular flexibility index (Phi) is 5.14. The Morgan fingerprint density at radius 2 is 1.72 bits per heavy atom. The molecule has 1 aromatic heterocycles. The lowest BCUT2D eigenvalue weighted by atomic mass is 10.00. The Balaban J connectivity index is 1.18. The van der Waals surface area contributed by atoms with E-state index in [1.54, 1.807) is 0 Å². The van der Waals surface area contributed by atoms with Crippen LogP contribution in [-0.2, 0) is 6.54 Å². The monoisotopic (exact) mass is 395 g/mol. The fourth-order valence-electron chi connectivity index (χ4n) is 4.31. The number of nitrogens with zero attached hydrogens (tertiary/aromatic N) is 5. The van der Waals surface area contributed by atoms with Crippen molar-refractivity contribution in [1.29, 1.82) is 0 Å². The van der Waals surface area contributed by atoms with Crippen molar-refractivity contribution in [3.63, 3.8) is 0 Å². The molecular weight excluding hydrogens is 366 g/mol. The number of hydrogen-bond acceptors (Lipinski definition) is 7. The maximum atomic E-state index is 5.50. The molecule has 2 aromatic rings. The van der Waals surface area contributed by atoms with Crippen LogP contribution in [0.1, 0.15) is 25.3 Å². The Hall–Kier alpha value is -2.54. The summed E-state index contributed by atoms with van der Waals surface area (Å²) in [5.74, 6) is 4.46. The van der Waals surface area contributed by atoms with Crippen molar-refractivity contribution in [2.75, 3.05) is 55.9 Å². The topological polar surface area (TPSA) is 54.0 Å². The van der Waals surface area contributed by atoms with E-state index in [1.165, 1.54) is 18.4 Å². The molecule has 1 aromatic carbocycles. The van der Waals surface area contributed by atoms with Gasteiger partial charge in [0, 0.05) is 52.0 Å². The second kappa shape index (κ2) is 8.06. The smallest absolute Gasteiger partial charge is 0.231 e. The van der Waals surface area contributed by atoms with Gasteiger partial charge in [0.05, 0.1) is 0 Å². The van der Waals surface area contributed by atoms with Crippen LogP contribution in [0.15, 0.2) is 30.5 Å². The molecule has 154 valence electrons. The van der Waals surface area contributed by atoms with Crippen molar-refractivity contribution in [2.45, 2.75) is 26.3 Å². The van der Waals surface area contributed by atoms with Gasteiger partial charge in [-0.15, -0.1) is 0 Å². The van der Waals surface area contributed by atoms with Gasteiger partial charge in [-0.25, -0.2) is 4.98 Å². The zero-order valence-electron chi connectivity index (χ0n) is 17.1. The van der Waals surface area contributed by atoms with E-state index in [-0.39, 0.29) is 0 Å². The summed E-state index contributed by atoms with van der Waals surface area (Å²) < 4.78 is 10.9. The molecule has 3 aliphatic rings. The Bertz CT molecular complexity index is 845. The third-order valence-electron chi connectivity index (χ3n) is 6.23. The second-order valence-corrected chi connectivity index (χ2v) is 8.34. The molecule has 2 fully saturated rings. The molecule has 0 atom stereocenters. The predicted octanol–water partition coefficient (Wildman–Crippen LogP) is 2.76. The fraction of sp³-hybridized carbons (Fsp3) is 0.545. The van der Waals surface area contributed by atoms with Gasteiger partial charge in [-0.05, 0) is 42.5 Å². The molecule has 0 N–H and O–H groups in total. The minimum absolute atomic E-state index is 0.328. The van der Waals surface area contributed by atoms with Gasteiger partial charge in [0.25, 0.3) is 0 Å². The van der Waals surface area contributed by atoms with Crippen LogP contribution in [0, 0.1) is 5.92 Å². The molecule has 4 heterocycles. The van der Waals surface area contributed by atoms with Gasteiger partial charge in [0.2, 0.25) is 12.7 Å². The Morgan fingerprint density at radius 1 is 0.931 bits per heavy atom. The summed E-state index contributed by atoms with van der Waals surface area (Å²) in [5, 5.41) is 0. The minimum atomic E-state index is 0.328. The van der Waals surface area contributed by atoms with Gasteiger partial charge < -0.3 is 19.3 Å². The van der Waals surface area contributed by atoms with Gasteiger partial charge in [-0.1, -0.05) is 13.0 Å². The van der Waals surface area contributed by atoms with Crippen LogP contribution in [0.25, 0.3) is 0 Å². The van der Waals surface area contributed by atoms with Crippen LogP contribution < -0.4 is 19.3 Å². The van der Waals surface area contributed by atoms with Crippen molar-refractivity contribution < 1.29 is 9.47 Å². The number of fused-ring (bicyclic) bond motifs is 1. The van der Waals surface area contributed by atoms with Gasteiger partial charge in [-0.2, -0.15) is 4.98 Å². The number of aromatic nitrogens is 2. The number of piperazine rings is 1. The van der Waals surface area contributed by atoms with Crippen LogP contribution in [0.2, 0.25) is 0 Å². The predicted molar refractivity (Wildman–Crippen MR) is 113 cm³/mol. The van der Waals surface area contributed by atoms with E-state index in [4.69, 9.17) is 14.5 Å². The highest BCUT2D eigenvalue weighted by atomic mass is 16.7. The number of piperidine rings is 1. The zero-order valence-corrected chi connectivity index (χ0v) is 17.1. The zero-order chi connectivity index (χ0) is 19.6. The molecule has 0 bridgehead atoms. The number of ether oxygens (including phenoxy) is 2. The van der Waals surface area contributed by atoms with E-state index < -0.39 is 0 Å². The first-order chi connectivity index (χ1) is 14.2. The number of anilines is 2. The van der Waals surface area contributed by atoms with Gasteiger partial charge in [0.15, 0.2) is 11.5 Å². The summed E-state index contributed by atoms with van der Waals surface area (Å²) in [6.07, 6.45) is 4.37. The molecule has 0 spiro atoms. The van der Waals surface area contributed by atoms with Crippen LogP contribution in [0.3, 0.4) is 0 Å². The molecule has 7 heteroatoms. The van der Waals surface area contributed by atoms with Gasteiger partial charge in [-0.3, -0.25) is 4.90 Å². The lowest BCUT2D eigenvalue weighted by molar-refractivity contribution is 0.174.